The van der Waals surface area contributed by atoms with E-state index in [1.165, 1.54) is 0 Å². The van der Waals surface area contributed by atoms with Crippen molar-refractivity contribution in [2.45, 2.75) is 37.8 Å². The number of benzene rings is 2. The molecular formula is C21H31IN4O3S. The Labute approximate surface area is 196 Å². The minimum absolute atomic E-state index is 0. The minimum atomic E-state index is -3.63. The zero-order valence-electron chi connectivity index (χ0n) is 17.8. The fourth-order valence-corrected chi connectivity index (χ4v) is 4.28. The van der Waals surface area contributed by atoms with E-state index in [1.807, 2.05) is 57.2 Å². The highest BCUT2D eigenvalue weighted by Gasteiger charge is 2.24. The summed E-state index contributed by atoms with van der Waals surface area (Å²) in [6.07, 6.45) is 0. The maximum absolute atomic E-state index is 12.7. The van der Waals surface area contributed by atoms with Crippen molar-refractivity contribution in [2.75, 3.05) is 20.2 Å². The van der Waals surface area contributed by atoms with E-state index in [4.69, 9.17) is 4.74 Å². The van der Waals surface area contributed by atoms with Gasteiger partial charge in [0, 0.05) is 19.1 Å². The highest BCUT2D eigenvalue weighted by atomic mass is 127. The van der Waals surface area contributed by atoms with Gasteiger partial charge in [0.25, 0.3) is 0 Å². The van der Waals surface area contributed by atoms with Gasteiger partial charge >= 0.3 is 0 Å². The topological polar surface area (TPSA) is 91.8 Å². The quantitative estimate of drug-likeness (QED) is 0.205. The van der Waals surface area contributed by atoms with Crippen LogP contribution < -0.4 is 20.1 Å². The summed E-state index contributed by atoms with van der Waals surface area (Å²) >= 11 is 0. The smallest absolute Gasteiger partial charge is 0.241 e. The maximum Gasteiger partial charge on any atom is 0.241 e. The molecule has 0 aliphatic rings. The van der Waals surface area contributed by atoms with Crippen molar-refractivity contribution in [1.29, 1.82) is 0 Å². The van der Waals surface area contributed by atoms with Gasteiger partial charge in [-0.3, -0.25) is 4.99 Å². The third-order valence-corrected chi connectivity index (χ3v) is 5.64. The van der Waals surface area contributed by atoms with Gasteiger partial charge in [-0.1, -0.05) is 36.4 Å². The van der Waals surface area contributed by atoms with E-state index in [2.05, 4.69) is 20.3 Å². The van der Waals surface area contributed by atoms with Gasteiger partial charge in [0.2, 0.25) is 10.0 Å². The van der Waals surface area contributed by atoms with E-state index in [0.717, 1.165) is 5.75 Å². The molecule has 0 spiro atoms. The number of para-hydroxylation sites is 1. The van der Waals surface area contributed by atoms with Gasteiger partial charge in [-0.05, 0) is 44.5 Å². The molecule has 0 bridgehead atoms. The Balaban J connectivity index is 0.00000450. The Morgan fingerprint density at radius 2 is 1.63 bits per heavy atom. The molecule has 0 aromatic heterocycles. The molecule has 3 N–H and O–H groups in total. The standard InChI is InChI=1S/C21H30N4O3S.HI/c1-21(2,3)25-29(26,27)19-13-9-8-10-17(19)16-24-20(22-4)23-14-15-28-18-11-6-5-7-12-18;/h5-13,25H,14-16H2,1-4H3,(H2,22,23,24);1H. The molecule has 0 radical (unpaired) electrons. The van der Waals surface area contributed by atoms with Crippen molar-refractivity contribution in [3.63, 3.8) is 0 Å². The summed E-state index contributed by atoms with van der Waals surface area (Å²) < 4.78 is 33.8. The van der Waals surface area contributed by atoms with Crippen LogP contribution in [0.1, 0.15) is 26.3 Å². The van der Waals surface area contributed by atoms with Crippen molar-refractivity contribution in [3.8, 4) is 5.75 Å². The normalized spacial score (nSPS) is 12.1. The summed E-state index contributed by atoms with van der Waals surface area (Å²) in [6, 6.07) is 16.5. The molecule has 0 aliphatic carbocycles. The Hall–Kier alpha value is -1.85. The second-order valence-electron chi connectivity index (χ2n) is 7.48. The lowest BCUT2D eigenvalue weighted by molar-refractivity contribution is 0.322. The predicted octanol–water partition coefficient (Wildman–Crippen LogP) is 3.13. The third kappa shape index (κ3) is 8.88. The monoisotopic (exact) mass is 546 g/mol. The molecule has 0 atom stereocenters. The number of guanidine groups is 1. The van der Waals surface area contributed by atoms with Crippen LogP contribution in [0.25, 0.3) is 0 Å². The summed E-state index contributed by atoms with van der Waals surface area (Å²) in [7, 11) is -1.96. The highest BCUT2D eigenvalue weighted by molar-refractivity contribution is 14.0. The molecule has 0 aliphatic heterocycles. The first kappa shape index (κ1) is 26.2. The first-order valence-electron chi connectivity index (χ1n) is 9.45. The van der Waals surface area contributed by atoms with E-state index in [-0.39, 0.29) is 28.9 Å². The molecule has 2 aromatic carbocycles. The van der Waals surface area contributed by atoms with Gasteiger partial charge in [0.1, 0.15) is 12.4 Å². The second-order valence-corrected chi connectivity index (χ2v) is 9.13. The van der Waals surface area contributed by atoms with Crippen molar-refractivity contribution in [3.05, 3.63) is 60.2 Å². The van der Waals surface area contributed by atoms with Gasteiger partial charge in [-0.2, -0.15) is 0 Å². The molecule has 30 heavy (non-hydrogen) atoms. The Bertz CT molecular complexity index is 913. The first-order chi connectivity index (χ1) is 13.7. The predicted molar refractivity (Wildman–Crippen MR) is 132 cm³/mol. The molecule has 0 unspecified atom stereocenters. The van der Waals surface area contributed by atoms with Crippen LogP contribution in [-0.2, 0) is 16.6 Å². The molecule has 2 aromatic rings. The Morgan fingerprint density at radius 3 is 2.27 bits per heavy atom. The molecule has 7 nitrogen and oxygen atoms in total. The van der Waals surface area contributed by atoms with Gasteiger partial charge in [-0.15, -0.1) is 24.0 Å². The van der Waals surface area contributed by atoms with Gasteiger partial charge < -0.3 is 15.4 Å². The molecule has 0 saturated carbocycles. The number of ether oxygens (including phenoxy) is 1. The van der Waals surface area contributed by atoms with Crippen molar-refractivity contribution in [2.24, 2.45) is 4.99 Å². The lowest BCUT2D eigenvalue weighted by atomic mass is 10.1. The molecule has 166 valence electrons. The number of aliphatic imine (C=N–C) groups is 1. The summed E-state index contributed by atoms with van der Waals surface area (Å²) in [5.74, 6) is 1.38. The summed E-state index contributed by atoms with van der Waals surface area (Å²) in [4.78, 5) is 4.43. The number of nitrogens with one attached hydrogen (secondary N) is 3. The number of hydrogen-bond acceptors (Lipinski definition) is 4. The van der Waals surface area contributed by atoms with E-state index in [9.17, 15) is 8.42 Å². The van der Waals surface area contributed by atoms with E-state index in [0.29, 0.717) is 31.2 Å². The lowest BCUT2D eigenvalue weighted by Crippen LogP contribution is -2.41. The molecular weight excluding hydrogens is 515 g/mol. The first-order valence-corrected chi connectivity index (χ1v) is 10.9. The van der Waals surface area contributed by atoms with Gasteiger partial charge in [0.05, 0.1) is 11.4 Å². The average Bonchev–Trinajstić information content (AvgIpc) is 2.66. The van der Waals surface area contributed by atoms with E-state index in [1.54, 1.807) is 25.2 Å². The van der Waals surface area contributed by atoms with Gasteiger partial charge in [0.15, 0.2) is 5.96 Å². The van der Waals surface area contributed by atoms with Crippen LogP contribution in [0.4, 0.5) is 0 Å². The minimum Gasteiger partial charge on any atom is -0.492 e. The van der Waals surface area contributed by atoms with Crippen LogP contribution >= 0.6 is 24.0 Å². The molecule has 2 rings (SSSR count). The number of rotatable bonds is 8. The van der Waals surface area contributed by atoms with Crippen LogP contribution in [0.2, 0.25) is 0 Å². The highest BCUT2D eigenvalue weighted by Crippen LogP contribution is 2.17. The van der Waals surface area contributed by atoms with Gasteiger partial charge in [-0.25, -0.2) is 13.1 Å². The number of sulfonamides is 1. The number of hydrogen-bond donors (Lipinski definition) is 3. The second kappa shape index (κ2) is 12.1. The Kier molecular flexibility index (Phi) is 10.6. The maximum atomic E-state index is 12.7. The largest absolute Gasteiger partial charge is 0.492 e. The number of nitrogens with zero attached hydrogens (tertiary/aromatic N) is 1. The van der Waals surface area contributed by atoms with Crippen molar-refractivity contribution >= 4 is 40.0 Å². The molecule has 0 saturated heterocycles. The van der Waals surface area contributed by atoms with Crippen LogP contribution in [0.15, 0.2) is 64.5 Å². The average molecular weight is 546 g/mol. The summed E-state index contributed by atoms with van der Waals surface area (Å²) in [6.45, 7) is 6.80. The summed E-state index contributed by atoms with van der Waals surface area (Å²) in [5, 5.41) is 6.31. The molecule has 9 heteroatoms. The Morgan fingerprint density at radius 1 is 1.00 bits per heavy atom. The van der Waals surface area contributed by atoms with Crippen LogP contribution in [-0.4, -0.2) is 40.1 Å². The summed E-state index contributed by atoms with van der Waals surface area (Å²) in [5.41, 5.74) is 0.100. The fourth-order valence-electron chi connectivity index (χ4n) is 2.62. The lowest BCUT2D eigenvalue weighted by Gasteiger charge is -2.22. The van der Waals surface area contributed by atoms with E-state index >= 15 is 0 Å². The van der Waals surface area contributed by atoms with Crippen molar-refractivity contribution in [1.82, 2.24) is 15.4 Å². The number of halogens is 1. The van der Waals surface area contributed by atoms with E-state index < -0.39 is 15.6 Å². The SMILES string of the molecule is CN=C(NCCOc1ccccc1)NCc1ccccc1S(=O)(=O)NC(C)(C)C.I. The van der Waals surface area contributed by atoms with Crippen LogP contribution in [0.5, 0.6) is 5.75 Å². The van der Waals surface area contributed by atoms with Crippen LogP contribution in [0.3, 0.4) is 0 Å². The molecule has 0 fully saturated rings. The van der Waals surface area contributed by atoms with Crippen LogP contribution in [0, 0.1) is 0 Å². The fraction of sp³-hybridized carbons (Fsp3) is 0.381. The molecule has 0 amide bonds. The zero-order valence-corrected chi connectivity index (χ0v) is 21.0. The van der Waals surface area contributed by atoms with Crippen molar-refractivity contribution < 1.29 is 13.2 Å². The zero-order chi connectivity index (χ0) is 21.3. The third-order valence-electron chi connectivity index (χ3n) is 3.78. The molecule has 0 heterocycles.